The fourth-order valence-corrected chi connectivity index (χ4v) is 3.23. The second-order valence-electron chi connectivity index (χ2n) is 7.44. The molecule has 3 rings (SSSR count). The molecule has 8 heteroatoms. The van der Waals surface area contributed by atoms with Crippen molar-refractivity contribution in [3.63, 3.8) is 0 Å². The van der Waals surface area contributed by atoms with Crippen molar-refractivity contribution in [2.24, 2.45) is 0 Å². The zero-order valence-corrected chi connectivity index (χ0v) is 17.7. The van der Waals surface area contributed by atoms with E-state index >= 15 is 0 Å². The second-order valence-corrected chi connectivity index (χ2v) is 7.44. The van der Waals surface area contributed by atoms with Gasteiger partial charge in [-0.15, -0.1) is 0 Å². The fraction of sp³-hybridized carbons (Fsp3) is 0.250. The molecule has 0 aliphatic carbocycles. The highest BCUT2D eigenvalue weighted by Crippen LogP contribution is 2.17. The Morgan fingerprint density at radius 2 is 1.56 bits per heavy atom. The van der Waals surface area contributed by atoms with Crippen molar-refractivity contribution in [2.45, 2.75) is 32.4 Å². The summed E-state index contributed by atoms with van der Waals surface area (Å²) >= 11 is 0. The van der Waals surface area contributed by atoms with E-state index < -0.39 is 22.9 Å². The Morgan fingerprint density at radius 3 is 2.19 bits per heavy atom. The minimum absolute atomic E-state index is 0.00719. The van der Waals surface area contributed by atoms with Crippen LogP contribution in [0.4, 0.5) is 11.4 Å². The predicted octanol–water partition coefficient (Wildman–Crippen LogP) is 2.14. The molecule has 8 nitrogen and oxygen atoms in total. The van der Waals surface area contributed by atoms with Crippen LogP contribution in [0.2, 0.25) is 0 Å². The van der Waals surface area contributed by atoms with Gasteiger partial charge >= 0.3 is 5.97 Å². The Kier molecular flexibility index (Phi) is 7.38. The summed E-state index contributed by atoms with van der Waals surface area (Å²) in [4.78, 5) is 47.7. The van der Waals surface area contributed by atoms with Gasteiger partial charge in [-0.3, -0.25) is 14.4 Å². The average molecular weight is 435 g/mol. The number of nitrogens with one attached hydrogen (secondary N) is 3. The van der Waals surface area contributed by atoms with E-state index in [1.807, 2.05) is 37.3 Å². The molecule has 166 valence electrons. The molecule has 0 heterocycles. The van der Waals surface area contributed by atoms with Crippen molar-refractivity contribution in [3.8, 4) is 0 Å². The van der Waals surface area contributed by atoms with Gasteiger partial charge in [0, 0.05) is 25.1 Å². The van der Waals surface area contributed by atoms with Crippen molar-refractivity contribution < 1.29 is 14.7 Å². The number of hydrogen-bond acceptors (Lipinski definition) is 6. The van der Waals surface area contributed by atoms with Gasteiger partial charge in [-0.1, -0.05) is 49.4 Å². The normalized spacial score (nSPS) is 11.7. The number of benzene rings is 2. The van der Waals surface area contributed by atoms with Crippen LogP contribution in [0.5, 0.6) is 0 Å². The van der Waals surface area contributed by atoms with Crippen LogP contribution in [0, 0.1) is 0 Å². The summed E-state index contributed by atoms with van der Waals surface area (Å²) in [6, 6.07) is 15.0. The van der Waals surface area contributed by atoms with Crippen molar-refractivity contribution in [2.75, 3.05) is 17.2 Å². The topological polar surface area (TPSA) is 125 Å². The molecule has 3 aromatic carbocycles. The molecular formula is C24H25N3O5. The smallest absolute Gasteiger partial charge is 0.326 e. The molecule has 0 saturated heterocycles. The average Bonchev–Trinajstić information content (AvgIpc) is 2.81. The zero-order chi connectivity index (χ0) is 23.1. The highest BCUT2D eigenvalue weighted by Gasteiger charge is 2.26. The number of anilines is 2. The third-order valence-corrected chi connectivity index (χ3v) is 5.03. The number of carboxylic acid groups (broad SMARTS) is 1. The van der Waals surface area contributed by atoms with Crippen molar-refractivity contribution in [1.29, 1.82) is 0 Å². The van der Waals surface area contributed by atoms with Crippen molar-refractivity contribution in [3.05, 3.63) is 91.7 Å². The molecule has 0 fully saturated rings. The SMILES string of the molecule is CCCNc1c(N[C@@H](Cc2ccc(C(=O)NCc3ccccc3)cc2)C(=O)O)c(=O)c1=O. The van der Waals surface area contributed by atoms with Gasteiger partial charge in [-0.25, -0.2) is 4.79 Å². The maximum Gasteiger partial charge on any atom is 0.326 e. The van der Waals surface area contributed by atoms with E-state index in [-0.39, 0.29) is 23.7 Å². The molecular weight excluding hydrogens is 410 g/mol. The highest BCUT2D eigenvalue weighted by atomic mass is 16.4. The summed E-state index contributed by atoms with van der Waals surface area (Å²) in [5.74, 6) is -1.38. The maximum absolute atomic E-state index is 12.3. The molecule has 0 radical (unpaired) electrons. The largest absolute Gasteiger partial charge is 0.480 e. The molecule has 0 unspecified atom stereocenters. The summed E-state index contributed by atoms with van der Waals surface area (Å²) in [5.41, 5.74) is 0.890. The number of carbonyl (C=O) groups is 2. The lowest BCUT2D eigenvalue weighted by molar-refractivity contribution is -0.137. The number of rotatable bonds is 11. The molecule has 0 aromatic heterocycles. The van der Waals surface area contributed by atoms with Crippen LogP contribution in [0.3, 0.4) is 0 Å². The number of carboxylic acids is 1. The Morgan fingerprint density at radius 1 is 0.906 bits per heavy atom. The first-order chi connectivity index (χ1) is 15.4. The number of hydrogen-bond donors (Lipinski definition) is 4. The lowest BCUT2D eigenvalue weighted by Crippen LogP contribution is -2.42. The lowest BCUT2D eigenvalue weighted by atomic mass is 10.0. The number of amides is 1. The van der Waals surface area contributed by atoms with Crippen LogP contribution in [0.1, 0.15) is 34.8 Å². The molecule has 32 heavy (non-hydrogen) atoms. The fourth-order valence-electron chi connectivity index (χ4n) is 3.23. The number of carbonyl (C=O) groups excluding carboxylic acids is 1. The van der Waals surface area contributed by atoms with Crippen molar-refractivity contribution >= 4 is 23.3 Å². The van der Waals surface area contributed by atoms with Crippen LogP contribution in [-0.4, -0.2) is 29.6 Å². The minimum atomic E-state index is -1.15. The molecule has 4 N–H and O–H groups in total. The Labute approximate surface area is 185 Å². The quantitative estimate of drug-likeness (QED) is 0.340. The van der Waals surface area contributed by atoms with Crippen molar-refractivity contribution in [1.82, 2.24) is 5.32 Å². The predicted molar refractivity (Wildman–Crippen MR) is 123 cm³/mol. The Bertz CT molecular complexity index is 1150. The van der Waals surface area contributed by atoms with E-state index in [9.17, 15) is 24.3 Å². The van der Waals surface area contributed by atoms with E-state index in [0.29, 0.717) is 24.2 Å². The second kappa shape index (κ2) is 10.4. The summed E-state index contributed by atoms with van der Waals surface area (Å²) < 4.78 is 0. The summed E-state index contributed by atoms with van der Waals surface area (Å²) in [6.07, 6.45) is 0.833. The molecule has 0 bridgehead atoms. The van der Waals surface area contributed by atoms with Gasteiger partial charge in [-0.2, -0.15) is 0 Å². The zero-order valence-electron chi connectivity index (χ0n) is 17.7. The molecule has 0 saturated carbocycles. The molecule has 1 amide bonds. The van der Waals surface area contributed by atoms with E-state index in [4.69, 9.17) is 0 Å². The van der Waals surface area contributed by atoms with E-state index in [2.05, 4.69) is 16.0 Å². The van der Waals surface area contributed by atoms with Crippen LogP contribution in [0.15, 0.2) is 64.2 Å². The van der Waals surface area contributed by atoms with Gasteiger partial charge in [0.2, 0.25) is 0 Å². The maximum atomic E-state index is 12.3. The van der Waals surface area contributed by atoms with Gasteiger partial charge < -0.3 is 21.1 Å². The van der Waals surface area contributed by atoms with Crippen LogP contribution < -0.4 is 26.8 Å². The molecule has 0 spiro atoms. The van der Waals surface area contributed by atoms with Crippen LogP contribution in [-0.2, 0) is 17.8 Å². The minimum Gasteiger partial charge on any atom is -0.480 e. The monoisotopic (exact) mass is 435 g/mol. The van der Waals surface area contributed by atoms with E-state index in [1.165, 1.54) is 0 Å². The molecule has 1 atom stereocenters. The van der Waals surface area contributed by atoms with Gasteiger partial charge in [0.25, 0.3) is 16.8 Å². The summed E-state index contributed by atoms with van der Waals surface area (Å²) in [5, 5.41) is 18.0. The molecule has 3 aromatic rings. The summed E-state index contributed by atoms with van der Waals surface area (Å²) in [7, 11) is 0. The molecule has 0 aliphatic heterocycles. The molecule has 0 aliphatic rings. The Balaban J connectivity index is 1.63. The van der Waals surface area contributed by atoms with Gasteiger partial charge in [0.15, 0.2) is 0 Å². The first kappa shape index (κ1) is 22.7. The van der Waals surface area contributed by atoms with E-state index in [1.54, 1.807) is 24.3 Å². The number of aliphatic carboxylic acids is 1. The third-order valence-electron chi connectivity index (χ3n) is 5.03. The van der Waals surface area contributed by atoms with Gasteiger partial charge in [-0.05, 0) is 29.7 Å². The lowest BCUT2D eigenvalue weighted by Gasteiger charge is -2.19. The Hall–Kier alpha value is -3.94. The van der Waals surface area contributed by atoms with Crippen LogP contribution in [0.25, 0.3) is 0 Å². The first-order valence-corrected chi connectivity index (χ1v) is 10.4. The third kappa shape index (κ3) is 5.40. The van der Waals surface area contributed by atoms with Gasteiger partial charge in [0.05, 0.1) is 0 Å². The van der Waals surface area contributed by atoms with Crippen LogP contribution >= 0.6 is 0 Å². The first-order valence-electron chi connectivity index (χ1n) is 10.4. The van der Waals surface area contributed by atoms with E-state index in [0.717, 1.165) is 12.0 Å². The van der Waals surface area contributed by atoms with Gasteiger partial charge in [0.1, 0.15) is 17.4 Å². The summed E-state index contributed by atoms with van der Waals surface area (Å²) in [6.45, 7) is 2.82. The highest BCUT2D eigenvalue weighted by molar-refractivity contribution is 5.94. The standard InChI is InChI=1S/C24H25N3O5/c1-2-12-25-19-20(22(29)21(19)28)27-18(24(31)32)13-15-8-10-17(11-9-15)23(30)26-14-16-6-4-3-5-7-16/h3-11,18,25,27H,2,12-14H2,1H3,(H,26,30)(H,31,32)/t18-/m0/s1.